The normalized spacial score (nSPS) is 20.3. The SMILES string of the molecule is O=C(O)[C@H]1[C@H](C(=O)O)[C@H](C(=O)O)[C@H]1C(=O)N(Cc1ccccc1)Cc1ccc(Oc2ccccc2)cc1. The number of carboxylic acid groups (broad SMARTS) is 3. The highest BCUT2D eigenvalue weighted by molar-refractivity contribution is 5.98. The lowest BCUT2D eigenvalue weighted by atomic mass is 9.56. The largest absolute Gasteiger partial charge is 0.481 e. The molecule has 1 aliphatic carbocycles. The first-order valence-corrected chi connectivity index (χ1v) is 11.6. The van der Waals surface area contributed by atoms with Crippen LogP contribution >= 0.6 is 0 Å². The van der Waals surface area contributed by atoms with E-state index in [1.54, 1.807) is 48.5 Å². The lowest BCUT2D eigenvalue weighted by molar-refractivity contribution is -0.190. The molecule has 1 saturated carbocycles. The van der Waals surface area contributed by atoms with Gasteiger partial charge in [0.1, 0.15) is 11.5 Å². The van der Waals surface area contributed by atoms with Gasteiger partial charge in [-0.1, -0.05) is 60.7 Å². The van der Waals surface area contributed by atoms with Crippen molar-refractivity contribution in [2.45, 2.75) is 13.1 Å². The number of amides is 1. The third kappa shape index (κ3) is 5.61. The molecule has 0 aromatic heterocycles. The van der Waals surface area contributed by atoms with Crippen LogP contribution in [0.15, 0.2) is 84.9 Å². The first kappa shape index (κ1) is 25.4. The summed E-state index contributed by atoms with van der Waals surface area (Å²) in [4.78, 5) is 50.4. The number of nitrogens with zero attached hydrogens (tertiary/aromatic N) is 1. The standard InChI is InChI=1S/C28H25NO8/c30-25(21-22(26(31)32)24(28(35)36)23(21)27(33)34)29(15-17-7-3-1-4-8-17)16-18-11-13-20(14-12-18)37-19-9-5-2-6-10-19/h1-14,21-24H,15-16H2,(H,31,32)(H,33,34)(H,35,36)/t21-,22-,23-,24-/m1/s1. The van der Waals surface area contributed by atoms with Gasteiger partial charge >= 0.3 is 17.9 Å². The highest BCUT2D eigenvalue weighted by Gasteiger charge is 2.64. The summed E-state index contributed by atoms with van der Waals surface area (Å²) in [7, 11) is 0. The molecule has 0 unspecified atom stereocenters. The van der Waals surface area contributed by atoms with Gasteiger partial charge in [0.15, 0.2) is 0 Å². The number of carbonyl (C=O) groups is 4. The number of carbonyl (C=O) groups excluding carboxylic acids is 1. The molecule has 2 atom stereocenters. The van der Waals surface area contributed by atoms with Crippen molar-refractivity contribution in [1.82, 2.24) is 4.90 Å². The minimum atomic E-state index is -1.68. The van der Waals surface area contributed by atoms with Crippen molar-refractivity contribution in [1.29, 1.82) is 0 Å². The second-order valence-corrected chi connectivity index (χ2v) is 8.86. The van der Waals surface area contributed by atoms with Gasteiger partial charge in [-0.25, -0.2) is 0 Å². The molecule has 1 amide bonds. The van der Waals surface area contributed by atoms with Crippen LogP contribution in [-0.4, -0.2) is 44.0 Å². The van der Waals surface area contributed by atoms with E-state index >= 15 is 0 Å². The van der Waals surface area contributed by atoms with E-state index in [-0.39, 0.29) is 13.1 Å². The maximum Gasteiger partial charge on any atom is 0.308 e. The van der Waals surface area contributed by atoms with Crippen LogP contribution in [0.3, 0.4) is 0 Å². The van der Waals surface area contributed by atoms with Crippen LogP contribution in [0.4, 0.5) is 0 Å². The van der Waals surface area contributed by atoms with Crippen molar-refractivity contribution in [3.8, 4) is 11.5 Å². The average molecular weight is 504 g/mol. The van der Waals surface area contributed by atoms with Gasteiger partial charge in [-0.2, -0.15) is 0 Å². The van der Waals surface area contributed by atoms with E-state index in [0.29, 0.717) is 17.1 Å². The van der Waals surface area contributed by atoms with Gasteiger partial charge in [0.2, 0.25) is 5.91 Å². The van der Waals surface area contributed by atoms with E-state index in [0.717, 1.165) is 5.56 Å². The fraction of sp³-hybridized carbons (Fsp3) is 0.214. The number of ether oxygens (including phenoxy) is 1. The van der Waals surface area contributed by atoms with Crippen molar-refractivity contribution >= 4 is 23.8 Å². The third-order valence-corrected chi connectivity index (χ3v) is 6.49. The number of para-hydroxylation sites is 1. The van der Waals surface area contributed by atoms with E-state index in [1.807, 2.05) is 36.4 Å². The van der Waals surface area contributed by atoms with Gasteiger partial charge < -0.3 is 25.0 Å². The lowest BCUT2D eigenvalue weighted by Gasteiger charge is -2.45. The van der Waals surface area contributed by atoms with Crippen LogP contribution in [0.1, 0.15) is 11.1 Å². The maximum absolute atomic E-state index is 13.6. The quantitative estimate of drug-likeness (QED) is 0.380. The monoisotopic (exact) mass is 503 g/mol. The Morgan fingerprint density at radius 2 is 0.973 bits per heavy atom. The van der Waals surface area contributed by atoms with Crippen molar-refractivity contribution in [3.63, 3.8) is 0 Å². The molecule has 1 aliphatic rings. The van der Waals surface area contributed by atoms with E-state index in [9.17, 15) is 34.5 Å². The molecule has 190 valence electrons. The van der Waals surface area contributed by atoms with Gasteiger partial charge in [-0.3, -0.25) is 19.2 Å². The average Bonchev–Trinajstić information content (AvgIpc) is 2.84. The number of carboxylic acids is 3. The van der Waals surface area contributed by atoms with Crippen LogP contribution in [-0.2, 0) is 32.3 Å². The molecule has 3 aromatic rings. The van der Waals surface area contributed by atoms with Crippen molar-refractivity contribution in [3.05, 3.63) is 96.1 Å². The molecule has 37 heavy (non-hydrogen) atoms. The Kier molecular flexibility index (Phi) is 7.52. The van der Waals surface area contributed by atoms with Crippen LogP contribution in [0.2, 0.25) is 0 Å². The first-order chi connectivity index (χ1) is 17.8. The maximum atomic E-state index is 13.6. The molecule has 0 heterocycles. The predicted octanol–water partition coefficient (Wildman–Crippen LogP) is 3.74. The Balaban J connectivity index is 1.59. The predicted molar refractivity (Wildman–Crippen MR) is 131 cm³/mol. The summed E-state index contributed by atoms with van der Waals surface area (Å²) >= 11 is 0. The van der Waals surface area contributed by atoms with Crippen molar-refractivity contribution in [2.24, 2.45) is 23.7 Å². The zero-order valence-corrected chi connectivity index (χ0v) is 19.6. The summed E-state index contributed by atoms with van der Waals surface area (Å²) < 4.78 is 5.79. The van der Waals surface area contributed by atoms with E-state index in [2.05, 4.69) is 0 Å². The number of benzene rings is 3. The zero-order chi connectivity index (χ0) is 26.5. The van der Waals surface area contributed by atoms with Crippen molar-refractivity contribution in [2.75, 3.05) is 0 Å². The second kappa shape index (κ2) is 10.9. The Labute approximate surface area is 212 Å². The summed E-state index contributed by atoms with van der Waals surface area (Å²) in [5.41, 5.74) is 1.46. The van der Waals surface area contributed by atoms with E-state index in [4.69, 9.17) is 4.74 Å². The number of hydrogen-bond donors (Lipinski definition) is 3. The zero-order valence-electron chi connectivity index (χ0n) is 19.6. The van der Waals surface area contributed by atoms with E-state index in [1.165, 1.54) is 4.90 Å². The summed E-state index contributed by atoms with van der Waals surface area (Å²) in [5, 5.41) is 28.7. The Morgan fingerprint density at radius 1 is 0.568 bits per heavy atom. The molecule has 0 bridgehead atoms. The van der Waals surface area contributed by atoms with Gasteiger partial charge in [-0.05, 0) is 35.4 Å². The van der Waals surface area contributed by atoms with Crippen LogP contribution in [0, 0.1) is 23.7 Å². The fourth-order valence-corrected chi connectivity index (χ4v) is 4.71. The summed E-state index contributed by atoms with van der Waals surface area (Å²) in [6.45, 7) is 0.154. The van der Waals surface area contributed by atoms with Crippen LogP contribution in [0.25, 0.3) is 0 Å². The Bertz CT molecular complexity index is 1250. The molecule has 9 nitrogen and oxygen atoms in total. The third-order valence-electron chi connectivity index (χ3n) is 6.49. The summed E-state index contributed by atoms with van der Waals surface area (Å²) in [6, 6.07) is 25.2. The minimum Gasteiger partial charge on any atom is -0.481 e. The van der Waals surface area contributed by atoms with Crippen molar-refractivity contribution < 1.29 is 39.2 Å². The van der Waals surface area contributed by atoms with Gasteiger partial charge in [0.25, 0.3) is 0 Å². The molecular weight excluding hydrogens is 478 g/mol. The van der Waals surface area contributed by atoms with Crippen LogP contribution < -0.4 is 4.74 Å². The van der Waals surface area contributed by atoms with Gasteiger partial charge in [0.05, 0.1) is 23.7 Å². The Morgan fingerprint density at radius 3 is 1.46 bits per heavy atom. The molecule has 4 rings (SSSR count). The highest BCUT2D eigenvalue weighted by atomic mass is 16.5. The molecule has 3 N–H and O–H groups in total. The molecule has 0 aliphatic heterocycles. The molecule has 3 aromatic carbocycles. The fourth-order valence-electron chi connectivity index (χ4n) is 4.71. The smallest absolute Gasteiger partial charge is 0.308 e. The van der Waals surface area contributed by atoms with E-state index < -0.39 is 47.5 Å². The van der Waals surface area contributed by atoms with Gasteiger partial charge in [-0.15, -0.1) is 0 Å². The lowest BCUT2D eigenvalue weighted by Crippen LogP contribution is -2.62. The molecular formula is C28H25NO8. The summed E-state index contributed by atoms with van der Waals surface area (Å²) in [6.07, 6.45) is 0. The molecule has 0 saturated heterocycles. The number of hydrogen-bond acceptors (Lipinski definition) is 5. The number of aliphatic carboxylic acids is 3. The number of rotatable bonds is 10. The second-order valence-electron chi connectivity index (χ2n) is 8.86. The molecule has 1 fully saturated rings. The highest BCUT2D eigenvalue weighted by Crippen LogP contribution is 2.48. The molecule has 0 radical (unpaired) electrons. The molecule has 9 heteroatoms. The molecule has 0 spiro atoms. The van der Waals surface area contributed by atoms with Crippen LogP contribution in [0.5, 0.6) is 11.5 Å². The summed E-state index contributed by atoms with van der Waals surface area (Å²) in [5.74, 6) is -10.5. The Hall–Kier alpha value is -4.66. The topological polar surface area (TPSA) is 141 Å². The first-order valence-electron chi connectivity index (χ1n) is 11.6. The minimum absolute atomic E-state index is 0.0618. The van der Waals surface area contributed by atoms with Gasteiger partial charge in [0, 0.05) is 13.1 Å².